The summed E-state index contributed by atoms with van der Waals surface area (Å²) < 4.78 is 7.03. The van der Waals surface area contributed by atoms with Gasteiger partial charge in [0.25, 0.3) is 0 Å². The van der Waals surface area contributed by atoms with Gasteiger partial charge in [-0.1, -0.05) is 74.2 Å². The van der Waals surface area contributed by atoms with Gasteiger partial charge in [-0.15, -0.1) is 21.5 Å². The molecule has 1 aromatic carbocycles. The summed E-state index contributed by atoms with van der Waals surface area (Å²) in [4.78, 5) is 26.4. The monoisotopic (exact) mass is 512 g/mol. The minimum absolute atomic E-state index is 0.173. The fraction of sp³-hybridized carbons (Fsp3) is 0.462. The second-order valence-corrected chi connectivity index (χ2v) is 11.1. The van der Waals surface area contributed by atoms with E-state index in [-0.39, 0.29) is 11.7 Å². The van der Waals surface area contributed by atoms with Gasteiger partial charge in [-0.25, -0.2) is 4.79 Å². The first kappa shape index (κ1) is 25.4. The highest BCUT2D eigenvalue weighted by Gasteiger charge is 2.25. The number of carbonyl (C=O) groups is 2. The number of anilines is 1. The molecule has 1 aliphatic carbocycles. The zero-order valence-corrected chi connectivity index (χ0v) is 22.1. The van der Waals surface area contributed by atoms with Gasteiger partial charge in [0.15, 0.2) is 5.16 Å². The van der Waals surface area contributed by atoms with E-state index in [9.17, 15) is 9.59 Å². The third-order valence-electron chi connectivity index (χ3n) is 6.55. The van der Waals surface area contributed by atoms with E-state index in [0.717, 1.165) is 45.7 Å². The number of hydrogen-bond acceptors (Lipinski definition) is 7. The fourth-order valence-electron chi connectivity index (χ4n) is 4.67. The Kier molecular flexibility index (Phi) is 8.62. The van der Waals surface area contributed by atoms with E-state index in [1.807, 2.05) is 48.9 Å². The topological polar surface area (TPSA) is 86.1 Å². The molecule has 0 aliphatic heterocycles. The van der Waals surface area contributed by atoms with E-state index < -0.39 is 5.97 Å². The number of nitrogens with one attached hydrogen (secondary N) is 1. The molecule has 9 heteroatoms. The standard InChI is InChI=1S/C26H32N4O3S2/c1-17-22(19-12-8-5-9-13-19)23(25(32)33-3)24(35-17)27-21(31)16-34-26-29-28-20(30(26)2)15-14-18-10-6-4-7-11-18/h5,8-9,12-13,18H,4,6-7,10-11,14-16H2,1-3H3,(H,27,31). The van der Waals surface area contributed by atoms with Crippen LogP contribution in [0.15, 0.2) is 35.5 Å². The number of hydrogen-bond donors (Lipinski definition) is 1. The largest absolute Gasteiger partial charge is 0.465 e. The van der Waals surface area contributed by atoms with Crippen LogP contribution in [0.5, 0.6) is 0 Å². The molecule has 186 valence electrons. The lowest BCUT2D eigenvalue weighted by atomic mass is 9.86. The van der Waals surface area contributed by atoms with Crippen molar-refractivity contribution in [2.45, 2.75) is 57.0 Å². The van der Waals surface area contributed by atoms with Crippen LogP contribution in [0, 0.1) is 12.8 Å². The van der Waals surface area contributed by atoms with Crippen molar-refractivity contribution in [3.63, 3.8) is 0 Å². The van der Waals surface area contributed by atoms with Crippen molar-refractivity contribution in [3.8, 4) is 11.1 Å². The number of thiophene rings is 1. The molecule has 1 amide bonds. The molecule has 0 radical (unpaired) electrons. The number of amides is 1. The Morgan fingerprint density at radius 1 is 1.17 bits per heavy atom. The van der Waals surface area contributed by atoms with Gasteiger partial charge in [-0.3, -0.25) is 4.79 Å². The van der Waals surface area contributed by atoms with Crippen molar-refractivity contribution >= 4 is 40.0 Å². The Morgan fingerprint density at radius 3 is 2.63 bits per heavy atom. The Hall–Kier alpha value is -2.65. The highest BCUT2D eigenvalue weighted by molar-refractivity contribution is 7.99. The van der Waals surface area contributed by atoms with Crippen molar-refractivity contribution in [1.82, 2.24) is 14.8 Å². The van der Waals surface area contributed by atoms with Gasteiger partial charge in [-0.05, 0) is 24.8 Å². The molecule has 1 aliphatic rings. The molecule has 2 aromatic heterocycles. The maximum atomic E-state index is 12.8. The van der Waals surface area contributed by atoms with E-state index in [1.165, 1.54) is 62.3 Å². The molecular weight excluding hydrogens is 480 g/mol. The third kappa shape index (κ3) is 6.13. The Balaban J connectivity index is 1.40. The molecule has 3 aromatic rings. The first-order valence-corrected chi connectivity index (χ1v) is 13.9. The predicted octanol–water partition coefficient (Wildman–Crippen LogP) is 5.88. The van der Waals surface area contributed by atoms with Crippen LogP contribution in [-0.4, -0.2) is 39.5 Å². The van der Waals surface area contributed by atoms with E-state index >= 15 is 0 Å². The molecule has 4 rings (SSSR count). The second kappa shape index (κ2) is 11.9. The Bertz CT molecular complexity index is 1170. The zero-order chi connectivity index (χ0) is 24.8. The highest BCUT2D eigenvalue weighted by atomic mass is 32.2. The summed E-state index contributed by atoms with van der Waals surface area (Å²) in [6.45, 7) is 1.94. The maximum Gasteiger partial charge on any atom is 0.341 e. The number of esters is 1. The highest BCUT2D eigenvalue weighted by Crippen LogP contribution is 2.40. The van der Waals surface area contributed by atoms with Crippen LogP contribution in [0.2, 0.25) is 0 Å². The smallest absolute Gasteiger partial charge is 0.341 e. The number of aryl methyl sites for hydroxylation is 2. The molecule has 0 saturated heterocycles. The van der Waals surface area contributed by atoms with Gasteiger partial charge in [-0.2, -0.15) is 0 Å². The number of benzene rings is 1. The summed E-state index contributed by atoms with van der Waals surface area (Å²) in [5.41, 5.74) is 2.10. The molecule has 0 bridgehead atoms. The van der Waals surface area contributed by atoms with Gasteiger partial charge < -0.3 is 14.6 Å². The molecule has 1 N–H and O–H groups in total. The number of ether oxygens (including phenoxy) is 1. The average Bonchev–Trinajstić information content (AvgIpc) is 3.40. The van der Waals surface area contributed by atoms with Gasteiger partial charge >= 0.3 is 5.97 Å². The van der Waals surface area contributed by atoms with Gasteiger partial charge in [0.1, 0.15) is 16.4 Å². The van der Waals surface area contributed by atoms with Gasteiger partial charge in [0.05, 0.1) is 12.9 Å². The molecule has 2 heterocycles. The van der Waals surface area contributed by atoms with Crippen molar-refractivity contribution in [2.75, 3.05) is 18.2 Å². The lowest BCUT2D eigenvalue weighted by Crippen LogP contribution is -2.16. The number of carbonyl (C=O) groups excluding carboxylic acids is 2. The summed E-state index contributed by atoms with van der Waals surface area (Å²) in [6.07, 6.45) is 8.75. The molecule has 0 spiro atoms. The lowest BCUT2D eigenvalue weighted by Gasteiger charge is -2.20. The van der Waals surface area contributed by atoms with Crippen LogP contribution in [-0.2, 0) is 23.0 Å². The first-order chi connectivity index (χ1) is 17.0. The minimum Gasteiger partial charge on any atom is -0.465 e. The summed E-state index contributed by atoms with van der Waals surface area (Å²) in [5, 5.41) is 12.8. The van der Waals surface area contributed by atoms with E-state index in [2.05, 4.69) is 15.5 Å². The predicted molar refractivity (Wildman–Crippen MR) is 141 cm³/mol. The van der Waals surface area contributed by atoms with Crippen LogP contribution in [0.4, 0.5) is 5.00 Å². The third-order valence-corrected chi connectivity index (χ3v) is 8.59. The minimum atomic E-state index is -0.466. The second-order valence-electron chi connectivity index (χ2n) is 8.93. The average molecular weight is 513 g/mol. The Labute approximate surface area is 214 Å². The van der Waals surface area contributed by atoms with Crippen molar-refractivity contribution in [2.24, 2.45) is 13.0 Å². The molecule has 1 saturated carbocycles. The van der Waals surface area contributed by atoms with Crippen LogP contribution in [0.3, 0.4) is 0 Å². The molecule has 35 heavy (non-hydrogen) atoms. The number of nitrogens with zero attached hydrogens (tertiary/aromatic N) is 3. The lowest BCUT2D eigenvalue weighted by molar-refractivity contribution is -0.113. The maximum absolute atomic E-state index is 12.8. The fourth-order valence-corrected chi connectivity index (χ4v) is 6.48. The van der Waals surface area contributed by atoms with Crippen molar-refractivity contribution in [3.05, 3.63) is 46.6 Å². The van der Waals surface area contributed by atoms with E-state index in [1.54, 1.807) is 0 Å². The zero-order valence-electron chi connectivity index (χ0n) is 20.5. The number of methoxy groups -OCH3 is 1. The van der Waals surface area contributed by atoms with Crippen molar-refractivity contribution in [1.29, 1.82) is 0 Å². The molecular formula is C26H32N4O3S2. The number of rotatable bonds is 9. The Morgan fingerprint density at radius 2 is 1.91 bits per heavy atom. The molecule has 0 unspecified atom stereocenters. The summed E-state index contributed by atoms with van der Waals surface area (Å²) in [6, 6.07) is 9.67. The van der Waals surface area contributed by atoms with Crippen LogP contribution in [0.1, 0.15) is 59.6 Å². The SMILES string of the molecule is COC(=O)c1c(NC(=O)CSc2nnc(CCC3CCCCC3)n2C)sc(C)c1-c1ccccc1. The summed E-state index contributed by atoms with van der Waals surface area (Å²) in [7, 11) is 3.31. The molecule has 0 atom stereocenters. The summed E-state index contributed by atoms with van der Waals surface area (Å²) in [5.74, 6) is 1.27. The number of thioether (sulfide) groups is 1. The van der Waals surface area contributed by atoms with E-state index in [0.29, 0.717) is 10.6 Å². The van der Waals surface area contributed by atoms with Gasteiger partial charge in [0, 0.05) is 23.9 Å². The van der Waals surface area contributed by atoms with Crippen LogP contribution in [0.25, 0.3) is 11.1 Å². The number of aromatic nitrogens is 3. The molecule has 1 fully saturated rings. The first-order valence-electron chi connectivity index (χ1n) is 12.1. The summed E-state index contributed by atoms with van der Waals surface area (Å²) >= 11 is 2.73. The normalized spacial score (nSPS) is 14.1. The van der Waals surface area contributed by atoms with E-state index in [4.69, 9.17) is 4.74 Å². The molecule has 7 nitrogen and oxygen atoms in total. The van der Waals surface area contributed by atoms with Gasteiger partial charge in [0.2, 0.25) is 5.91 Å². The van der Waals surface area contributed by atoms with Crippen molar-refractivity contribution < 1.29 is 14.3 Å². The quantitative estimate of drug-likeness (QED) is 0.285. The van der Waals surface area contributed by atoms with Crippen LogP contribution < -0.4 is 5.32 Å². The van der Waals surface area contributed by atoms with Crippen LogP contribution >= 0.6 is 23.1 Å².